The van der Waals surface area contributed by atoms with Gasteiger partial charge in [0.05, 0.1) is 23.2 Å². The highest BCUT2D eigenvalue weighted by atomic mass is 16.3. The van der Waals surface area contributed by atoms with Crippen molar-refractivity contribution in [2.24, 2.45) is 9.98 Å². The second-order valence-electron chi connectivity index (χ2n) is 9.85. The van der Waals surface area contributed by atoms with E-state index in [1.165, 1.54) is 0 Å². The third-order valence-electron chi connectivity index (χ3n) is 7.20. The van der Waals surface area contributed by atoms with E-state index in [1.807, 2.05) is 12.1 Å². The highest BCUT2D eigenvalue weighted by Crippen LogP contribution is 2.28. The second-order valence-corrected chi connectivity index (χ2v) is 9.85. The average Bonchev–Trinajstić information content (AvgIpc) is 3.00. The Bertz CT molecular complexity index is 1440. The van der Waals surface area contributed by atoms with Gasteiger partial charge in [-0.3, -0.25) is 19.6 Å². The lowest BCUT2D eigenvalue weighted by Gasteiger charge is -2.25. The zero-order chi connectivity index (χ0) is 27.9. The van der Waals surface area contributed by atoms with Crippen molar-refractivity contribution in [2.75, 3.05) is 0 Å². The minimum Gasteiger partial charge on any atom is -0.506 e. The highest BCUT2D eigenvalue weighted by Gasteiger charge is 2.24. The fraction of sp³-hybridized carbons (Fsp3) is 0.176. The zero-order valence-corrected chi connectivity index (χ0v) is 22.0. The number of hydrogen-bond donors (Lipinski definition) is 2. The smallest absolute Gasteiger partial charge is 0.196 e. The Kier molecular flexibility index (Phi) is 8.26. The van der Waals surface area contributed by atoms with Gasteiger partial charge in [0.25, 0.3) is 0 Å². The third kappa shape index (κ3) is 5.91. The standard InChI is InChI=1S/C34H30N2O4/c37-31(23-11-3-1-4-12-23)27-17-9-15-25(33(27)39)21-35-29-19-7-8-20-30(29)36-22-26-16-10-18-28(34(26)40)32(38)24-13-5-2-6-14-24/h1-6,9-18,21-22,29-30,39-40H,7-8,19-20H2/t29-,30-/m1/s1. The van der Waals surface area contributed by atoms with E-state index in [0.29, 0.717) is 22.3 Å². The van der Waals surface area contributed by atoms with Crippen LogP contribution in [0.2, 0.25) is 0 Å². The van der Waals surface area contributed by atoms with Crippen LogP contribution < -0.4 is 0 Å². The van der Waals surface area contributed by atoms with E-state index in [9.17, 15) is 19.8 Å². The molecule has 200 valence electrons. The van der Waals surface area contributed by atoms with Crippen molar-refractivity contribution in [2.45, 2.75) is 37.8 Å². The summed E-state index contributed by atoms with van der Waals surface area (Å²) < 4.78 is 0. The predicted molar refractivity (Wildman–Crippen MR) is 157 cm³/mol. The van der Waals surface area contributed by atoms with Gasteiger partial charge >= 0.3 is 0 Å². The van der Waals surface area contributed by atoms with Gasteiger partial charge in [-0.2, -0.15) is 0 Å². The number of hydrogen-bond acceptors (Lipinski definition) is 6. The maximum absolute atomic E-state index is 12.9. The summed E-state index contributed by atoms with van der Waals surface area (Å²) in [6, 6.07) is 27.6. The molecule has 1 aliphatic carbocycles. The van der Waals surface area contributed by atoms with Gasteiger partial charge in [0.2, 0.25) is 0 Å². The van der Waals surface area contributed by atoms with E-state index in [2.05, 4.69) is 0 Å². The van der Waals surface area contributed by atoms with Gasteiger partial charge in [0, 0.05) is 34.7 Å². The summed E-state index contributed by atoms with van der Waals surface area (Å²) in [4.78, 5) is 35.3. The molecule has 0 aromatic heterocycles. The number of aromatic hydroxyl groups is 2. The van der Waals surface area contributed by atoms with Crippen LogP contribution in [0.3, 0.4) is 0 Å². The van der Waals surface area contributed by atoms with Gasteiger partial charge in [-0.1, -0.05) is 85.6 Å². The van der Waals surface area contributed by atoms with Crippen LogP contribution in [0.1, 0.15) is 68.7 Å². The molecule has 1 aliphatic rings. The Labute approximate surface area is 233 Å². The lowest BCUT2D eigenvalue weighted by molar-refractivity contribution is 0.102. The molecule has 4 aromatic rings. The summed E-state index contributed by atoms with van der Waals surface area (Å²) >= 11 is 0. The number of rotatable bonds is 8. The molecule has 0 aliphatic heterocycles. The number of aliphatic imine (C=N–C) groups is 2. The van der Waals surface area contributed by atoms with Crippen molar-refractivity contribution in [1.29, 1.82) is 0 Å². The van der Waals surface area contributed by atoms with Crippen molar-refractivity contribution in [3.63, 3.8) is 0 Å². The van der Waals surface area contributed by atoms with E-state index in [-0.39, 0.29) is 46.3 Å². The molecule has 5 rings (SSSR count). The monoisotopic (exact) mass is 530 g/mol. The Morgan fingerprint density at radius 2 is 0.975 bits per heavy atom. The minimum absolute atomic E-state index is 0.0965. The van der Waals surface area contributed by atoms with Crippen molar-refractivity contribution in [1.82, 2.24) is 0 Å². The van der Waals surface area contributed by atoms with Gasteiger partial charge < -0.3 is 10.2 Å². The summed E-state index contributed by atoms with van der Waals surface area (Å²) in [6.45, 7) is 0. The Morgan fingerprint density at radius 3 is 1.38 bits per heavy atom. The third-order valence-corrected chi connectivity index (χ3v) is 7.20. The molecule has 0 unspecified atom stereocenters. The summed E-state index contributed by atoms with van der Waals surface area (Å²) in [6.07, 6.45) is 6.93. The molecule has 1 saturated carbocycles. The van der Waals surface area contributed by atoms with Crippen LogP contribution in [0, 0.1) is 0 Å². The number of ketones is 2. The zero-order valence-electron chi connectivity index (χ0n) is 22.0. The molecular formula is C34H30N2O4. The number of phenolic OH excluding ortho intramolecular Hbond substituents is 2. The van der Waals surface area contributed by atoms with Gasteiger partial charge in [0.15, 0.2) is 11.6 Å². The van der Waals surface area contributed by atoms with Gasteiger partial charge in [-0.15, -0.1) is 0 Å². The van der Waals surface area contributed by atoms with Crippen LogP contribution >= 0.6 is 0 Å². The number of nitrogens with zero attached hydrogens (tertiary/aromatic N) is 2. The molecule has 6 heteroatoms. The molecule has 2 N–H and O–H groups in total. The predicted octanol–water partition coefficient (Wildman–Crippen LogP) is 6.41. The Hall–Kier alpha value is -4.84. The van der Waals surface area contributed by atoms with Crippen LogP contribution in [0.15, 0.2) is 107 Å². The van der Waals surface area contributed by atoms with Crippen LogP contribution in [-0.4, -0.2) is 46.3 Å². The lowest BCUT2D eigenvalue weighted by atomic mass is 9.91. The fourth-order valence-electron chi connectivity index (χ4n) is 4.98. The SMILES string of the molecule is O=C(c1ccccc1)c1cccc(C=N[C@@H]2CCCC[C@H]2N=Cc2cccc(C(=O)c3ccccc3)c2O)c1O. The Balaban J connectivity index is 1.34. The maximum Gasteiger partial charge on any atom is 0.196 e. The largest absolute Gasteiger partial charge is 0.506 e. The first-order chi connectivity index (χ1) is 19.5. The summed E-state index contributed by atoms with van der Waals surface area (Å²) in [5.74, 6) is -0.691. The number of benzene rings is 4. The fourth-order valence-corrected chi connectivity index (χ4v) is 4.98. The molecule has 1 fully saturated rings. The van der Waals surface area contributed by atoms with Crippen molar-refractivity contribution in [3.8, 4) is 11.5 Å². The van der Waals surface area contributed by atoms with Gasteiger partial charge in [-0.25, -0.2) is 0 Å². The van der Waals surface area contributed by atoms with E-state index in [0.717, 1.165) is 25.7 Å². The molecule has 0 radical (unpaired) electrons. The van der Waals surface area contributed by atoms with Crippen molar-refractivity contribution < 1.29 is 19.8 Å². The average molecular weight is 531 g/mol. The molecule has 0 saturated heterocycles. The number of phenols is 2. The molecule has 0 bridgehead atoms. The normalized spacial score (nSPS) is 17.3. The first kappa shape index (κ1) is 26.8. The van der Waals surface area contributed by atoms with Gasteiger partial charge in [-0.05, 0) is 37.1 Å². The van der Waals surface area contributed by atoms with E-state index in [4.69, 9.17) is 9.98 Å². The second kappa shape index (κ2) is 12.3. The lowest BCUT2D eigenvalue weighted by Crippen LogP contribution is -2.27. The minimum atomic E-state index is -0.249. The van der Waals surface area contributed by atoms with E-state index >= 15 is 0 Å². The number of carbonyl (C=O) groups is 2. The van der Waals surface area contributed by atoms with E-state index < -0.39 is 0 Å². The molecule has 0 amide bonds. The molecule has 6 nitrogen and oxygen atoms in total. The topological polar surface area (TPSA) is 99.3 Å². The first-order valence-corrected chi connectivity index (χ1v) is 13.4. The molecule has 4 aromatic carbocycles. The number of carbonyl (C=O) groups excluding carboxylic acids is 2. The van der Waals surface area contributed by atoms with Crippen molar-refractivity contribution >= 4 is 24.0 Å². The van der Waals surface area contributed by atoms with E-state index in [1.54, 1.807) is 97.4 Å². The van der Waals surface area contributed by atoms with Crippen molar-refractivity contribution in [3.05, 3.63) is 130 Å². The van der Waals surface area contributed by atoms with Crippen LogP contribution in [-0.2, 0) is 0 Å². The summed E-state index contributed by atoms with van der Waals surface area (Å²) in [7, 11) is 0. The summed E-state index contributed by atoms with van der Waals surface area (Å²) in [5, 5.41) is 21.7. The molecular weight excluding hydrogens is 500 g/mol. The molecule has 40 heavy (non-hydrogen) atoms. The first-order valence-electron chi connectivity index (χ1n) is 13.4. The number of para-hydroxylation sites is 2. The van der Waals surface area contributed by atoms with Crippen LogP contribution in [0.5, 0.6) is 11.5 Å². The van der Waals surface area contributed by atoms with Crippen LogP contribution in [0.25, 0.3) is 0 Å². The highest BCUT2D eigenvalue weighted by molar-refractivity contribution is 6.12. The Morgan fingerprint density at radius 1 is 0.575 bits per heavy atom. The molecule has 2 atom stereocenters. The maximum atomic E-state index is 12.9. The summed E-state index contributed by atoms with van der Waals surface area (Å²) in [5.41, 5.74) is 2.42. The van der Waals surface area contributed by atoms with Gasteiger partial charge in [0.1, 0.15) is 11.5 Å². The molecule has 0 spiro atoms. The molecule has 0 heterocycles. The van der Waals surface area contributed by atoms with Crippen LogP contribution in [0.4, 0.5) is 0 Å². The quantitative estimate of drug-likeness (QED) is 0.203.